The molecule has 3 nitrogen and oxygen atoms in total. The number of benzene rings is 1. The fraction of sp³-hybridized carbons (Fsp3) is 0.538. The Labute approximate surface area is 107 Å². The van der Waals surface area contributed by atoms with Crippen LogP contribution in [0, 0.1) is 6.92 Å². The summed E-state index contributed by atoms with van der Waals surface area (Å²) >= 11 is 6.21. The first-order valence-corrected chi connectivity index (χ1v) is 6.11. The Morgan fingerprint density at radius 1 is 1.24 bits per heavy atom. The summed E-state index contributed by atoms with van der Waals surface area (Å²) in [5, 5.41) is 0.557. The third kappa shape index (κ3) is 1.87. The van der Waals surface area contributed by atoms with Gasteiger partial charge in [0.25, 0.3) is 0 Å². The van der Waals surface area contributed by atoms with Gasteiger partial charge in [0.05, 0.1) is 19.2 Å². The van der Waals surface area contributed by atoms with Crippen LogP contribution in [-0.4, -0.2) is 14.2 Å². The van der Waals surface area contributed by atoms with Crippen LogP contribution in [0.4, 0.5) is 0 Å². The van der Waals surface area contributed by atoms with Crippen molar-refractivity contribution in [2.45, 2.75) is 31.7 Å². The Bertz CT molecular complexity index is 442. The van der Waals surface area contributed by atoms with Crippen LogP contribution in [0.25, 0.3) is 0 Å². The van der Waals surface area contributed by atoms with Crippen LogP contribution < -0.4 is 15.2 Å². The van der Waals surface area contributed by atoms with E-state index < -0.39 is 0 Å². The number of halogens is 1. The SMILES string of the molecule is COc1c(Cl)cc(C2(N)CCC2)c(C)c1OC. The van der Waals surface area contributed by atoms with Crippen LogP contribution in [0.1, 0.15) is 30.4 Å². The van der Waals surface area contributed by atoms with Crippen molar-refractivity contribution < 1.29 is 9.47 Å². The summed E-state index contributed by atoms with van der Waals surface area (Å²) < 4.78 is 10.7. The molecule has 0 amide bonds. The van der Waals surface area contributed by atoms with Gasteiger partial charge in [-0.1, -0.05) is 11.6 Å². The van der Waals surface area contributed by atoms with Crippen LogP contribution in [0.5, 0.6) is 11.5 Å². The molecule has 0 radical (unpaired) electrons. The molecule has 0 unspecified atom stereocenters. The van der Waals surface area contributed by atoms with Gasteiger partial charge in [-0.2, -0.15) is 0 Å². The minimum Gasteiger partial charge on any atom is -0.493 e. The van der Waals surface area contributed by atoms with Gasteiger partial charge in [-0.05, 0) is 37.8 Å². The fourth-order valence-corrected chi connectivity index (χ4v) is 2.75. The van der Waals surface area contributed by atoms with E-state index in [9.17, 15) is 0 Å². The number of ether oxygens (including phenoxy) is 2. The molecule has 0 heterocycles. The molecule has 2 rings (SSSR count). The minimum atomic E-state index is -0.243. The Balaban J connectivity index is 2.58. The van der Waals surface area contributed by atoms with Crippen molar-refractivity contribution in [1.82, 2.24) is 0 Å². The Morgan fingerprint density at radius 2 is 1.82 bits per heavy atom. The van der Waals surface area contributed by atoms with Gasteiger partial charge in [0.2, 0.25) is 0 Å². The molecule has 2 N–H and O–H groups in total. The van der Waals surface area contributed by atoms with Crippen molar-refractivity contribution >= 4 is 11.6 Å². The van der Waals surface area contributed by atoms with Gasteiger partial charge in [0.15, 0.2) is 11.5 Å². The lowest BCUT2D eigenvalue weighted by Gasteiger charge is -2.40. The molecule has 0 atom stereocenters. The highest BCUT2D eigenvalue weighted by Gasteiger charge is 2.37. The zero-order valence-electron chi connectivity index (χ0n) is 10.5. The molecule has 1 saturated carbocycles. The fourth-order valence-electron chi connectivity index (χ4n) is 2.48. The lowest BCUT2D eigenvalue weighted by Crippen LogP contribution is -2.43. The van der Waals surface area contributed by atoms with Crippen molar-refractivity contribution in [3.8, 4) is 11.5 Å². The predicted octanol–water partition coefficient (Wildman–Crippen LogP) is 3.00. The second kappa shape index (κ2) is 4.39. The highest BCUT2D eigenvalue weighted by molar-refractivity contribution is 6.32. The molecule has 0 bridgehead atoms. The average Bonchev–Trinajstić information content (AvgIpc) is 2.28. The van der Waals surface area contributed by atoms with E-state index in [1.54, 1.807) is 14.2 Å². The Morgan fingerprint density at radius 3 is 2.24 bits per heavy atom. The van der Waals surface area contributed by atoms with Crippen LogP contribution in [-0.2, 0) is 5.54 Å². The highest BCUT2D eigenvalue weighted by atomic mass is 35.5. The van der Waals surface area contributed by atoms with Crippen molar-refractivity contribution in [1.29, 1.82) is 0 Å². The first-order chi connectivity index (χ1) is 8.03. The molecule has 4 heteroatoms. The molecule has 0 saturated heterocycles. The molecule has 1 fully saturated rings. The van der Waals surface area contributed by atoms with Crippen LogP contribution >= 0.6 is 11.6 Å². The van der Waals surface area contributed by atoms with Gasteiger partial charge >= 0.3 is 0 Å². The molecule has 0 aromatic heterocycles. The molecule has 0 aliphatic heterocycles. The summed E-state index contributed by atoms with van der Waals surface area (Å²) in [4.78, 5) is 0. The third-order valence-electron chi connectivity index (χ3n) is 3.63. The number of methoxy groups -OCH3 is 2. The van der Waals surface area contributed by atoms with Gasteiger partial charge < -0.3 is 15.2 Å². The zero-order valence-corrected chi connectivity index (χ0v) is 11.2. The first kappa shape index (κ1) is 12.5. The van der Waals surface area contributed by atoms with E-state index in [2.05, 4.69) is 0 Å². The maximum Gasteiger partial charge on any atom is 0.179 e. The van der Waals surface area contributed by atoms with E-state index >= 15 is 0 Å². The average molecular weight is 256 g/mol. The highest BCUT2D eigenvalue weighted by Crippen LogP contribution is 2.47. The first-order valence-electron chi connectivity index (χ1n) is 5.74. The molecule has 1 aliphatic carbocycles. The standard InChI is InChI=1S/C13H18ClNO2/c1-8-9(13(15)5-4-6-13)7-10(14)12(17-3)11(8)16-2/h7H,4-6,15H2,1-3H3. The minimum absolute atomic E-state index is 0.243. The van der Waals surface area contributed by atoms with Crippen LogP contribution in [0.3, 0.4) is 0 Å². The largest absolute Gasteiger partial charge is 0.493 e. The van der Waals surface area contributed by atoms with Gasteiger partial charge in [-0.3, -0.25) is 0 Å². The molecule has 94 valence electrons. The summed E-state index contributed by atoms with van der Waals surface area (Å²) in [6, 6.07) is 1.91. The van der Waals surface area contributed by atoms with E-state index in [-0.39, 0.29) is 5.54 Å². The molecular weight excluding hydrogens is 238 g/mol. The molecule has 1 aromatic rings. The van der Waals surface area contributed by atoms with Crippen LogP contribution in [0.2, 0.25) is 5.02 Å². The summed E-state index contributed by atoms with van der Waals surface area (Å²) in [5.74, 6) is 1.27. The van der Waals surface area contributed by atoms with E-state index in [0.717, 1.165) is 24.0 Å². The number of hydrogen-bond acceptors (Lipinski definition) is 3. The predicted molar refractivity (Wildman–Crippen MR) is 69.0 cm³/mol. The molecule has 17 heavy (non-hydrogen) atoms. The van der Waals surface area contributed by atoms with E-state index in [4.69, 9.17) is 26.8 Å². The maximum absolute atomic E-state index is 6.35. The smallest absolute Gasteiger partial charge is 0.179 e. The monoisotopic (exact) mass is 255 g/mol. The van der Waals surface area contributed by atoms with Gasteiger partial charge in [-0.15, -0.1) is 0 Å². The Kier molecular flexibility index (Phi) is 3.23. The lowest BCUT2D eigenvalue weighted by molar-refractivity contribution is 0.250. The van der Waals surface area contributed by atoms with E-state index in [0.29, 0.717) is 16.5 Å². The second-order valence-electron chi connectivity index (χ2n) is 4.61. The Hall–Kier alpha value is -0.930. The number of hydrogen-bond donors (Lipinski definition) is 1. The van der Waals surface area contributed by atoms with Gasteiger partial charge in [0.1, 0.15) is 0 Å². The van der Waals surface area contributed by atoms with Crippen molar-refractivity contribution in [2.24, 2.45) is 5.73 Å². The van der Waals surface area contributed by atoms with E-state index in [1.165, 1.54) is 6.42 Å². The zero-order chi connectivity index (χ0) is 12.6. The quantitative estimate of drug-likeness (QED) is 0.903. The molecule has 1 aliphatic rings. The lowest BCUT2D eigenvalue weighted by atomic mass is 9.71. The second-order valence-corrected chi connectivity index (χ2v) is 5.01. The van der Waals surface area contributed by atoms with Gasteiger partial charge in [-0.25, -0.2) is 0 Å². The molecule has 1 aromatic carbocycles. The molecular formula is C13H18ClNO2. The van der Waals surface area contributed by atoms with Crippen molar-refractivity contribution in [2.75, 3.05) is 14.2 Å². The summed E-state index contributed by atoms with van der Waals surface area (Å²) in [5.41, 5.74) is 8.21. The number of rotatable bonds is 3. The summed E-state index contributed by atoms with van der Waals surface area (Å²) in [7, 11) is 3.21. The number of nitrogens with two attached hydrogens (primary N) is 1. The van der Waals surface area contributed by atoms with E-state index in [1.807, 2.05) is 13.0 Å². The summed E-state index contributed by atoms with van der Waals surface area (Å²) in [6.45, 7) is 2.00. The maximum atomic E-state index is 6.35. The summed E-state index contributed by atoms with van der Waals surface area (Å²) in [6.07, 6.45) is 3.17. The van der Waals surface area contributed by atoms with Gasteiger partial charge in [0, 0.05) is 11.1 Å². The third-order valence-corrected chi connectivity index (χ3v) is 3.91. The normalized spacial score (nSPS) is 17.5. The topological polar surface area (TPSA) is 44.5 Å². The van der Waals surface area contributed by atoms with Crippen molar-refractivity contribution in [3.05, 3.63) is 22.2 Å². The van der Waals surface area contributed by atoms with Crippen molar-refractivity contribution in [3.63, 3.8) is 0 Å². The van der Waals surface area contributed by atoms with Crippen LogP contribution in [0.15, 0.2) is 6.07 Å². The molecule has 0 spiro atoms.